The van der Waals surface area contributed by atoms with Crippen LogP contribution in [0.25, 0.3) is 0 Å². The van der Waals surface area contributed by atoms with Crippen molar-refractivity contribution in [1.82, 2.24) is 10.2 Å². The minimum atomic E-state index is -0.500. The minimum absolute atomic E-state index is 0.241. The Morgan fingerprint density at radius 1 is 1.47 bits per heavy atom. The van der Waals surface area contributed by atoms with Gasteiger partial charge in [0.15, 0.2) is 0 Å². The van der Waals surface area contributed by atoms with Crippen LogP contribution in [-0.4, -0.2) is 48.4 Å². The lowest BCUT2D eigenvalue weighted by atomic mass is 10.0. The summed E-state index contributed by atoms with van der Waals surface area (Å²) < 4.78 is 5.13. The van der Waals surface area contributed by atoms with Crippen LogP contribution in [0.3, 0.4) is 0 Å². The van der Waals surface area contributed by atoms with Gasteiger partial charge in [0, 0.05) is 13.1 Å². The summed E-state index contributed by atoms with van der Waals surface area (Å²) in [6.07, 6.45) is -0.316. The van der Waals surface area contributed by atoms with Gasteiger partial charge in [-0.25, -0.2) is 4.79 Å². The average molecular weight is 264 g/mol. The van der Waals surface area contributed by atoms with Crippen LogP contribution in [0, 0.1) is 0 Å². The zero-order chi connectivity index (χ0) is 13.7. The van der Waals surface area contributed by atoms with Gasteiger partial charge in [-0.2, -0.15) is 0 Å². The van der Waals surface area contributed by atoms with E-state index in [1.165, 1.54) is 0 Å². The molecule has 1 aliphatic rings. The van der Waals surface area contributed by atoms with E-state index in [1.807, 2.05) is 37.4 Å². The molecule has 1 fully saturated rings. The standard InChI is InChI=1S/C14H20N2O3/c1-16-8-7-13(17)12(9-16)15-14(18)19-10-11-5-3-2-4-6-11/h2-6,12-13,17H,7-10H2,1H3,(H,15,18). The van der Waals surface area contributed by atoms with E-state index in [9.17, 15) is 9.90 Å². The molecule has 19 heavy (non-hydrogen) atoms. The molecule has 0 aliphatic carbocycles. The Morgan fingerprint density at radius 2 is 2.21 bits per heavy atom. The molecule has 0 saturated carbocycles. The van der Waals surface area contributed by atoms with Crippen molar-refractivity contribution in [1.29, 1.82) is 0 Å². The predicted octanol–water partition coefficient (Wildman–Crippen LogP) is 0.978. The summed E-state index contributed by atoms with van der Waals surface area (Å²) in [5.41, 5.74) is 0.943. The van der Waals surface area contributed by atoms with Crippen LogP contribution in [-0.2, 0) is 11.3 Å². The maximum atomic E-state index is 11.7. The third-order valence-electron chi connectivity index (χ3n) is 3.30. The maximum Gasteiger partial charge on any atom is 0.407 e. The number of nitrogens with zero attached hydrogens (tertiary/aromatic N) is 1. The third kappa shape index (κ3) is 4.22. The lowest BCUT2D eigenvalue weighted by Crippen LogP contribution is -2.54. The van der Waals surface area contributed by atoms with E-state index >= 15 is 0 Å². The summed E-state index contributed by atoms with van der Waals surface area (Å²) in [6, 6.07) is 9.25. The Kier molecular flexibility index (Phi) is 4.76. The van der Waals surface area contributed by atoms with E-state index in [2.05, 4.69) is 10.2 Å². The maximum absolute atomic E-state index is 11.7. The van der Waals surface area contributed by atoms with Crippen molar-refractivity contribution in [3.63, 3.8) is 0 Å². The van der Waals surface area contributed by atoms with Crippen molar-refractivity contribution in [2.75, 3.05) is 20.1 Å². The first-order chi connectivity index (χ1) is 9.15. The highest BCUT2D eigenvalue weighted by Crippen LogP contribution is 2.09. The Balaban J connectivity index is 1.77. The molecule has 0 radical (unpaired) electrons. The minimum Gasteiger partial charge on any atom is -0.445 e. The van der Waals surface area contributed by atoms with E-state index in [4.69, 9.17) is 4.74 Å². The summed E-state index contributed by atoms with van der Waals surface area (Å²) in [6.45, 7) is 1.73. The smallest absolute Gasteiger partial charge is 0.407 e. The molecule has 2 atom stereocenters. The fraction of sp³-hybridized carbons (Fsp3) is 0.500. The second-order valence-corrected chi connectivity index (χ2v) is 4.93. The number of benzene rings is 1. The number of ether oxygens (including phenoxy) is 1. The lowest BCUT2D eigenvalue weighted by Gasteiger charge is -2.33. The number of nitrogens with one attached hydrogen (secondary N) is 1. The number of aliphatic hydroxyl groups is 1. The van der Waals surface area contributed by atoms with Gasteiger partial charge in [-0.3, -0.25) is 0 Å². The van der Waals surface area contributed by atoms with Crippen LogP contribution >= 0.6 is 0 Å². The van der Waals surface area contributed by atoms with Crippen molar-refractivity contribution in [3.05, 3.63) is 35.9 Å². The Bertz CT molecular complexity index is 410. The van der Waals surface area contributed by atoms with Crippen molar-refractivity contribution in [3.8, 4) is 0 Å². The molecule has 104 valence electrons. The summed E-state index contributed by atoms with van der Waals surface area (Å²) in [5, 5.41) is 12.5. The molecular weight excluding hydrogens is 244 g/mol. The fourth-order valence-corrected chi connectivity index (χ4v) is 2.16. The van der Waals surface area contributed by atoms with Gasteiger partial charge in [-0.05, 0) is 19.0 Å². The van der Waals surface area contributed by atoms with Crippen molar-refractivity contribution < 1.29 is 14.6 Å². The van der Waals surface area contributed by atoms with Crippen LogP contribution in [0.4, 0.5) is 4.79 Å². The Morgan fingerprint density at radius 3 is 2.95 bits per heavy atom. The van der Waals surface area contributed by atoms with Gasteiger partial charge in [0.25, 0.3) is 0 Å². The van der Waals surface area contributed by atoms with E-state index in [0.717, 1.165) is 12.1 Å². The highest BCUT2D eigenvalue weighted by atomic mass is 16.5. The number of carbonyl (C=O) groups is 1. The molecule has 5 heteroatoms. The van der Waals surface area contributed by atoms with Crippen molar-refractivity contribution in [2.45, 2.75) is 25.2 Å². The first-order valence-electron chi connectivity index (χ1n) is 6.49. The highest BCUT2D eigenvalue weighted by molar-refractivity contribution is 5.67. The number of piperidine rings is 1. The number of aliphatic hydroxyl groups excluding tert-OH is 1. The molecule has 0 aromatic heterocycles. The van der Waals surface area contributed by atoms with Gasteiger partial charge in [0.05, 0.1) is 12.1 Å². The first kappa shape index (κ1) is 13.8. The van der Waals surface area contributed by atoms with Gasteiger partial charge in [0.1, 0.15) is 6.61 Å². The number of likely N-dealkylation sites (N-methyl/N-ethyl adjacent to an activating group) is 1. The first-order valence-corrected chi connectivity index (χ1v) is 6.49. The lowest BCUT2D eigenvalue weighted by molar-refractivity contribution is 0.0515. The molecule has 5 nitrogen and oxygen atoms in total. The van der Waals surface area contributed by atoms with Crippen molar-refractivity contribution in [2.24, 2.45) is 0 Å². The molecule has 1 heterocycles. The number of carbonyl (C=O) groups excluding carboxylic acids is 1. The number of alkyl carbamates (subject to hydrolysis) is 1. The van der Waals surface area contributed by atoms with Crippen LogP contribution < -0.4 is 5.32 Å². The second-order valence-electron chi connectivity index (χ2n) is 4.93. The van der Waals surface area contributed by atoms with E-state index in [1.54, 1.807) is 0 Å². The molecule has 2 unspecified atom stereocenters. The monoisotopic (exact) mass is 264 g/mol. The fourth-order valence-electron chi connectivity index (χ4n) is 2.16. The summed E-state index contributed by atoms with van der Waals surface area (Å²) >= 11 is 0. The molecule has 1 aromatic rings. The largest absolute Gasteiger partial charge is 0.445 e. The summed E-state index contributed by atoms with van der Waals surface area (Å²) in [5.74, 6) is 0. The van der Waals surface area contributed by atoms with Gasteiger partial charge in [0.2, 0.25) is 0 Å². The van der Waals surface area contributed by atoms with Gasteiger partial charge in [-0.1, -0.05) is 30.3 Å². The van der Waals surface area contributed by atoms with Crippen LogP contribution in [0.1, 0.15) is 12.0 Å². The van der Waals surface area contributed by atoms with Gasteiger partial charge < -0.3 is 20.1 Å². The molecule has 0 spiro atoms. The van der Waals surface area contributed by atoms with Crippen LogP contribution in [0.15, 0.2) is 30.3 Å². The topological polar surface area (TPSA) is 61.8 Å². The molecule has 1 saturated heterocycles. The highest BCUT2D eigenvalue weighted by Gasteiger charge is 2.27. The van der Waals surface area contributed by atoms with E-state index in [0.29, 0.717) is 13.0 Å². The third-order valence-corrected chi connectivity index (χ3v) is 3.30. The number of rotatable bonds is 3. The number of hydrogen-bond donors (Lipinski definition) is 2. The van der Waals surface area contributed by atoms with Crippen LogP contribution in [0.2, 0.25) is 0 Å². The number of likely N-dealkylation sites (tertiary alicyclic amines) is 1. The number of hydrogen-bond acceptors (Lipinski definition) is 4. The van der Waals surface area contributed by atoms with E-state index < -0.39 is 12.2 Å². The molecule has 1 aromatic carbocycles. The van der Waals surface area contributed by atoms with Gasteiger partial charge in [-0.15, -0.1) is 0 Å². The molecule has 1 aliphatic heterocycles. The number of amides is 1. The molecule has 2 N–H and O–H groups in total. The molecule has 1 amide bonds. The van der Waals surface area contributed by atoms with Gasteiger partial charge >= 0.3 is 6.09 Å². The summed E-state index contributed by atoms with van der Waals surface area (Å²) in [4.78, 5) is 13.8. The molecular formula is C14H20N2O3. The molecule has 2 rings (SSSR count). The Labute approximate surface area is 113 Å². The Hall–Kier alpha value is -1.59. The summed E-state index contributed by atoms with van der Waals surface area (Å²) in [7, 11) is 1.97. The second kappa shape index (κ2) is 6.54. The predicted molar refractivity (Wildman–Crippen MR) is 71.7 cm³/mol. The molecule has 0 bridgehead atoms. The quantitative estimate of drug-likeness (QED) is 0.854. The van der Waals surface area contributed by atoms with Crippen LogP contribution in [0.5, 0.6) is 0 Å². The zero-order valence-electron chi connectivity index (χ0n) is 11.1. The average Bonchev–Trinajstić information content (AvgIpc) is 2.42. The van der Waals surface area contributed by atoms with Crippen molar-refractivity contribution >= 4 is 6.09 Å². The van der Waals surface area contributed by atoms with E-state index in [-0.39, 0.29) is 12.6 Å². The zero-order valence-corrected chi connectivity index (χ0v) is 11.1. The SMILES string of the molecule is CN1CCC(O)C(NC(=O)OCc2ccccc2)C1. The normalized spacial score (nSPS) is 23.9.